The van der Waals surface area contributed by atoms with E-state index in [0.717, 1.165) is 78.7 Å². The first-order valence-electron chi connectivity index (χ1n) is 23.0. The molecule has 11 N–H and O–H groups in total. The summed E-state index contributed by atoms with van der Waals surface area (Å²) in [5, 5.41) is 48.6. The van der Waals surface area contributed by atoms with Crippen molar-refractivity contribution >= 4 is 92.6 Å². The van der Waals surface area contributed by atoms with Crippen LogP contribution < -0.4 is 31.1 Å². The van der Waals surface area contributed by atoms with Gasteiger partial charge >= 0.3 is 11.9 Å². The number of amidine groups is 3. The first-order chi connectivity index (χ1) is 32.9. The van der Waals surface area contributed by atoms with Crippen LogP contribution in [0.2, 0.25) is 0 Å². The summed E-state index contributed by atoms with van der Waals surface area (Å²) in [5.74, 6) is -2.71. The number of ether oxygens (including phenoxy) is 1. The Bertz CT molecular complexity index is 2650. The zero-order chi connectivity index (χ0) is 49.8. The predicted octanol–water partition coefficient (Wildman–Crippen LogP) is 5.04. The van der Waals surface area contributed by atoms with Gasteiger partial charge in [-0.15, -0.1) is 24.8 Å². The van der Waals surface area contributed by atoms with Crippen LogP contribution >= 0.6 is 24.8 Å². The minimum atomic E-state index is -4.19. The van der Waals surface area contributed by atoms with Crippen molar-refractivity contribution in [2.24, 2.45) is 17.4 Å². The van der Waals surface area contributed by atoms with Gasteiger partial charge in [-0.05, 0) is 90.4 Å². The van der Waals surface area contributed by atoms with Crippen molar-refractivity contribution in [1.82, 2.24) is 20.4 Å². The molecule has 7 rings (SSSR count). The molecule has 4 aromatic rings. The summed E-state index contributed by atoms with van der Waals surface area (Å²) in [5.41, 5.74) is 14.1. The van der Waals surface area contributed by atoms with Crippen LogP contribution in [0.4, 0.5) is 5.69 Å². The topological polar surface area (TPSA) is 309 Å². The number of hydrogen-bond acceptors (Lipinski definition) is 11. The number of anilines is 1. The molecule has 0 bridgehead atoms. The third kappa shape index (κ3) is 15.8. The fraction of sp³-hybridized carbons (Fsp3) is 0.408. The van der Waals surface area contributed by atoms with E-state index in [-0.39, 0.29) is 73.4 Å². The number of rotatable bonds is 18. The van der Waals surface area contributed by atoms with Crippen molar-refractivity contribution < 1.29 is 42.5 Å². The molecule has 2 saturated heterocycles. The average molecular weight is 1040 g/mol. The number of carboxylic acid groups (broad SMARTS) is 2. The van der Waals surface area contributed by atoms with Crippen LogP contribution in [0.1, 0.15) is 80.5 Å². The SMILES string of the molecule is CC(=N)N1CCC(Oc2ccc(N(Cc3ccc4ccc(C(=N)N)cc4c3)S(=O)(=O)CC(=O)O)cc2)CC1.Cl.Cl.N=C(N)c1ccc(CNC(=O)[C@@H]2CCN2C(=O)[C@H](NCC(=O)O)C2CCCCC2)cc1. The molecule has 384 valence electrons. The van der Waals surface area contributed by atoms with Crippen LogP contribution in [0.15, 0.2) is 84.9 Å². The lowest BCUT2D eigenvalue weighted by Gasteiger charge is -2.43. The molecule has 3 fully saturated rings. The number of hydrogen-bond donors (Lipinski definition) is 9. The minimum Gasteiger partial charge on any atom is -0.490 e. The van der Waals surface area contributed by atoms with Gasteiger partial charge in [0.25, 0.3) is 0 Å². The summed E-state index contributed by atoms with van der Waals surface area (Å²) in [6.45, 7) is 3.75. The molecule has 0 aromatic heterocycles. The number of sulfonamides is 1. The number of halogens is 2. The van der Waals surface area contributed by atoms with Crippen LogP contribution in [0.5, 0.6) is 5.75 Å². The molecular formula is C49H64Cl2N10O9S. The Morgan fingerprint density at radius 1 is 0.761 bits per heavy atom. The van der Waals surface area contributed by atoms with E-state index in [0.29, 0.717) is 53.5 Å². The summed E-state index contributed by atoms with van der Waals surface area (Å²) in [4.78, 5) is 51.8. The normalized spacial score (nSPS) is 16.3. The lowest BCUT2D eigenvalue weighted by Crippen LogP contribution is -2.63. The predicted molar refractivity (Wildman–Crippen MR) is 278 cm³/mol. The Morgan fingerprint density at radius 3 is 1.93 bits per heavy atom. The maximum absolute atomic E-state index is 13.2. The van der Waals surface area contributed by atoms with E-state index < -0.39 is 39.8 Å². The molecular weight excluding hydrogens is 976 g/mol. The number of fused-ring (bicyclic) bond motifs is 1. The molecule has 2 aliphatic heterocycles. The molecule has 19 nitrogen and oxygen atoms in total. The van der Waals surface area contributed by atoms with Crippen molar-refractivity contribution in [1.29, 1.82) is 16.2 Å². The van der Waals surface area contributed by atoms with E-state index >= 15 is 0 Å². The Balaban J connectivity index is 0.000000306. The van der Waals surface area contributed by atoms with Crippen molar-refractivity contribution in [2.75, 3.05) is 36.2 Å². The second-order valence-electron chi connectivity index (χ2n) is 17.7. The van der Waals surface area contributed by atoms with E-state index in [9.17, 15) is 32.7 Å². The summed E-state index contributed by atoms with van der Waals surface area (Å²) < 4.78 is 33.3. The first kappa shape index (κ1) is 57.1. The van der Waals surface area contributed by atoms with Crippen LogP contribution in [0.3, 0.4) is 0 Å². The average Bonchev–Trinajstić information content (AvgIpc) is 3.30. The van der Waals surface area contributed by atoms with E-state index in [1.165, 1.54) is 0 Å². The quantitative estimate of drug-likeness (QED) is 0.0467. The molecule has 4 aromatic carbocycles. The molecule has 3 aliphatic rings. The summed E-state index contributed by atoms with van der Waals surface area (Å²) in [6, 6.07) is 23.4. The summed E-state index contributed by atoms with van der Waals surface area (Å²) in [6.07, 6.45) is 7.16. The van der Waals surface area contributed by atoms with Crippen molar-refractivity contribution in [3.63, 3.8) is 0 Å². The van der Waals surface area contributed by atoms with E-state index in [2.05, 4.69) is 10.6 Å². The number of likely N-dealkylation sites (tertiary alicyclic amines) is 2. The lowest BCUT2D eigenvalue weighted by molar-refractivity contribution is -0.150. The van der Waals surface area contributed by atoms with Gasteiger partial charge in [0.05, 0.1) is 30.7 Å². The Hall–Kier alpha value is -6.48. The lowest BCUT2D eigenvalue weighted by atomic mass is 9.82. The zero-order valence-electron chi connectivity index (χ0n) is 39.5. The number of benzene rings is 4. The molecule has 2 heterocycles. The molecule has 0 spiro atoms. The van der Waals surface area contributed by atoms with Crippen LogP contribution in [-0.2, 0) is 42.3 Å². The van der Waals surface area contributed by atoms with E-state index in [4.69, 9.17) is 37.5 Å². The van der Waals surface area contributed by atoms with Gasteiger partial charge < -0.3 is 41.5 Å². The van der Waals surface area contributed by atoms with Gasteiger partial charge in [0.15, 0.2) is 5.75 Å². The molecule has 0 unspecified atom stereocenters. The molecule has 2 amide bonds. The second-order valence-corrected chi connectivity index (χ2v) is 19.6. The largest absolute Gasteiger partial charge is 0.490 e. The number of nitrogen functional groups attached to an aromatic ring is 2. The molecule has 1 aliphatic carbocycles. The number of amides is 2. The molecule has 1 saturated carbocycles. The van der Waals surface area contributed by atoms with E-state index in [1.54, 1.807) is 78.6 Å². The third-order valence-electron chi connectivity index (χ3n) is 12.7. The molecule has 71 heavy (non-hydrogen) atoms. The van der Waals surface area contributed by atoms with Gasteiger partial charge in [0.1, 0.15) is 29.6 Å². The highest BCUT2D eigenvalue weighted by Crippen LogP contribution is 2.31. The minimum absolute atomic E-state index is 0. The van der Waals surface area contributed by atoms with Gasteiger partial charge in [0.2, 0.25) is 21.8 Å². The molecule has 2 atom stereocenters. The maximum Gasteiger partial charge on any atom is 0.320 e. The van der Waals surface area contributed by atoms with Crippen LogP contribution in [-0.4, -0.2) is 120 Å². The number of aliphatic carboxylic acids is 2. The number of nitrogens with two attached hydrogens (primary N) is 2. The highest BCUT2D eigenvalue weighted by Gasteiger charge is 2.42. The fourth-order valence-corrected chi connectivity index (χ4v) is 10.1. The summed E-state index contributed by atoms with van der Waals surface area (Å²) in [7, 11) is -4.19. The molecule has 22 heteroatoms. The van der Waals surface area contributed by atoms with Gasteiger partial charge in [0, 0.05) is 50.1 Å². The van der Waals surface area contributed by atoms with Crippen molar-refractivity contribution in [3.05, 3.63) is 107 Å². The highest BCUT2D eigenvalue weighted by atomic mass is 35.5. The van der Waals surface area contributed by atoms with Crippen LogP contribution in [0, 0.1) is 22.1 Å². The van der Waals surface area contributed by atoms with Crippen LogP contribution in [0.25, 0.3) is 10.8 Å². The zero-order valence-corrected chi connectivity index (χ0v) is 41.9. The smallest absolute Gasteiger partial charge is 0.320 e. The van der Waals surface area contributed by atoms with Gasteiger partial charge in [-0.2, -0.15) is 0 Å². The second kappa shape index (κ2) is 26.1. The number of carbonyl (C=O) groups excluding carboxylic acids is 2. The fourth-order valence-electron chi connectivity index (χ4n) is 8.84. The standard InChI is InChI=1S/C27H31N5O5S.C22H31N5O4.2ClH/c1-18(28)31-12-10-25(11-13-31)37-24-8-6-23(7-9-24)32(38(35,36)17-26(33)34)16-19-2-3-20-4-5-21(27(29)30)15-22(20)14-19;23-20(24)16-8-6-14(7-9-16)12-26-21(30)17-10-11-27(17)22(31)19(25-13-18(28)29)15-4-2-1-3-5-15;;/h2-9,14-15,25,28H,10-13,16-17H2,1H3,(H3,29,30)(H,33,34);6-9,15,17,19,25H,1-5,10-13H2,(H3,23,24)(H,26,30)(H,28,29);2*1H/t;17-,19+;;/m.0../s1. The first-order valence-corrected chi connectivity index (χ1v) is 24.6. The maximum atomic E-state index is 13.2. The number of carbonyl (C=O) groups is 4. The number of nitrogens with zero attached hydrogens (tertiary/aromatic N) is 3. The van der Waals surface area contributed by atoms with Gasteiger partial charge in [-0.25, -0.2) is 8.42 Å². The third-order valence-corrected chi connectivity index (χ3v) is 14.3. The Labute approximate surface area is 426 Å². The summed E-state index contributed by atoms with van der Waals surface area (Å²) >= 11 is 0. The van der Waals surface area contributed by atoms with Gasteiger partial charge in [-0.1, -0.05) is 67.8 Å². The number of piperidine rings is 1. The molecule has 0 radical (unpaired) electrons. The number of nitrogens with one attached hydrogen (secondary N) is 5. The van der Waals surface area contributed by atoms with Crippen molar-refractivity contribution in [2.45, 2.75) is 89.6 Å². The van der Waals surface area contributed by atoms with Crippen molar-refractivity contribution in [3.8, 4) is 5.75 Å². The van der Waals surface area contributed by atoms with E-state index in [1.807, 2.05) is 23.1 Å². The van der Waals surface area contributed by atoms with Gasteiger partial charge in [-0.3, -0.25) is 45.0 Å². The Kier molecular flexibility index (Phi) is 21.0. The highest BCUT2D eigenvalue weighted by molar-refractivity contribution is 7.93. The monoisotopic (exact) mass is 1040 g/mol. The number of carboxylic acids is 2. The Morgan fingerprint density at radius 2 is 1.37 bits per heavy atom.